The van der Waals surface area contributed by atoms with Crippen LogP contribution in [0.5, 0.6) is 0 Å². The second-order valence-corrected chi connectivity index (χ2v) is 11.2. The zero-order valence-electron chi connectivity index (χ0n) is 9.25. The lowest BCUT2D eigenvalue weighted by atomic mass is 10.3. The lowest BCUT2D eigenvalue weighted by molar-refractivity contribution is 0.0792. The van der Waals surface area contributed by atoms with Crippen LogP contribution in [0.3, 0.4) is 0 Å². The summed E-state index contributed by atoms with van der Waals surface area (Å²) in [4.78, 5) is 4.22. The second-order valence-electron chi connectivity index (χ2n) is 4.73. The number of rotatable bonds is 4. The largest absolute Gasteiger partial charge is 0.361 e. The number of aliphatic imine (C=N–C) groups is 1. The SMILES string of the molecule is CC(Cl)(OCC1C=CC=N1)[Si](C)(C)C. The number of nitrogens with zero attached hydrogens (tertiary/aromatic N) is 1. The molecule has 1 aliphatic rings. The predicted molar refractivity (Wildman–Crippen MR) is 65.0 cm³/mol. The van der Waals surface area contributed by atoms with Crippen molar-refractivity contribution in [2.45, 2.75) is 37.3 Å². The average molecular weight is 232 g/mol. The van der Waals surface area contributed by atoms with Crippen LogP contribution in [0.15, 0.2) is 17.1 Å². The van der Waals surface area contributed by atoms with Gasteiger partial charge < -0.3 is 4.74 Å². The number of ether oxygens (including phenoxy) is 1. The number of alkyl halides is 1. The lowest BCUT2D eigenvalue weighted by Gasteiger charge is -2.34. The van der Waals surface area contributed by atoms with E-state index in [0.717, 1.165) is 0 Å². The monoisotopic (exact) mass is 231 g/mol. The molecule has 2 nitrogen and oxygen atoms in total. The molecule has 1 aliphatic heterocycles. The first-order chi connectivity index (χ1) is 6.33. The summed E-state index contributed by atoms with van der Waals surface area (Å²) in [5, 5.41) is 0. The van der Waals surface area contributed by atoms with Crippen LogP contribution in [0.2, 0.25) is 19.6 Å². The van der Waals surface area contributed by atoms with Crippen LogP contribution >= 0.6 is 11.6 Å². The summed E-state index contributed by atoms with van der Waals surface area (Å²) in [6.07, 6.45) is 5.76. The maximum Gasteiger partial charge on any atom is 0.125 e. The normalized spacial score (nSPS) is 25.4. The Bertz CT molecular complexity index is 243. The van der Waals surface area contributed by atoms with Gasteiger partial charge in [-0.05, 0) is 13.0 Å². The van der Waals surface area contributed by atoms with Crippen LogP contribution < -0.4 is 0 Å². The van der Waals surface area contributed by atoms with Crippen molar-refractivity contribution >= 4 is 25.9 Å². The third-order valence-electron chi connectivity index (χ3n) is 2.56. The highest BCUT2D eigenvalue weighted by molar-refractivity contribution is 6.85. The minimum absolute atomic E-state index is 0.157. The van der Waals surface area contributed by atoms with Gasteiger partial charge in [0.1, 0.15) is 12.8 Å². The molecule has 14 heavy (non-hydrogen) atoms. The third-order valence-corrected chi connectivity index (χ3v) is 7.20. The molecule has 2 unspecified atom stereocenters. The maximum absolute atomic E-state index is 6.35. The van der Waals surface area contributed by atoms with Crippen LogP contribution in [0.4, 0.5) is 0 Å². The van der Waals surface area contributed by atoms with E-state index in [4.69, 9.17) is 16.3 Å². The van der Waals surface area contributed by atoms with Crippen molar-refractivity contribution in [2.24, 2.45) is 4.99 Å². The summed E-state index contributed by atoms with van der Waals surface area (Å²) in [5.41, 5.74) is 0. The standard InChI is InChI=1S/C10H18ClNOSi/c1-10(11,14(2,3)4)13-8-9-6-5-7-12-9/h5-7,9H,8H2,1-4H3. The van der Waals surface area contributed by atoms with E-state index in [1.807, 2.05) is 19.1 Å². The molecule has 2 atom stereocenters. The summed E-state index contributed by atoms with van der Waals surface area (Å²) >= 11 is 6.35. The Balaban J connectivity index is 2.44. The molecule has 0 spiro atoms. The van der Waals surface area contributed by atoms with Gasteiger partial charge in [-0.1, -0.05) is 37.3 Å². The zero-order chi connectivity index (χ0) is 10.8. The predicted octanol–water partition coefficient (Wildman–Crippen LogP) is 2.84. The Morgan fingerprint density at radius 2 is 2.14 bits per heavy atom. The maximum atomic E-state index is 6.35. The van der Waals surface area contributed by atoms with Crippen molar-refractivity contribution in [2.75, 3.05) is 6.61 Å². The fourth-order valence-corrected chi connectivity index (χ4v) is 1.52. The van der Waals surface area contributed by atoms with E-state index in [0.29, 0.717) is 6.61 Å². The van der Waals surface area contributed by atoms with Crippen molar-refractivity contribution in [1.29, 1.82) is 0 Å². The van der Waals surface area contributed by atoms with Crippen molar-refractivity contribution in [1.82, 2.24) is 0 Å². The van der Waals surface area contributed by atoms with Gasteiger partial charge in [-0.25, -0.2) is 0 Å². The molecule has 0 saturated heterocycles. The van der Waals surface area contributed by atoms with Gasteiger partial charge >= 0.3 is 0 Å². The molecule has 0 amide bonds. The first kappa shape index (κ1) is 11.9. The van der Waals surface area contributed by atoms with Gasteiger partial charge in [0, 0.05) is 6.21 Å². The Morgan fingerprint density at radius 3 is 2.57 bits per heavy atom. The molecule has 0 aromatic carbocycles. The third kappa shape index (κ3) is 2.94. The smallest absolute Gasteiger partial charge is 0.125 e. The van der Waals surface area contributed by atoms with Gasteiger partial charge in [0.15, 0.2) is 0 Å². The Morgan fingerprint density at radius 1 is 1.50 bits per heavy atom. The molecule has 0 N–H and O–H groups in total. The van der Waals surface area contributed by atoms with Crippen LogP contribution in [0.1, 0.15) is 6.92 Å². The zero-order valence-corrected chi connectivity index (χ0v) is 11.0. The summed E-state index contributed by atoms with van der Waals surface area (Å²) < 4.78 is 5.24. The van der Waals surface area contributed by atoms with Crippen LogP contribution in [-0.2, 0) is 4.74 Å². The van der Waals surface area contributed by atoms with Gasteiger partial charge in [-0.2, -0.15) is 0 Å². The van der Waals surface area contributed by atoms with E-state index in [9.17, 15) is 0 Å². The van der Waals surface area contributed by atoms with E-state index >= 15 is 0 Å². The van der Waals surface area contributed by atoms with Crippen molar-refractivity contribution in [3.05, 3.63) is 12.2 Å². The number of halogens is 1. The Labute approximate surface area is 92.0 Å². The Hall–Kier alpha value is -0.123. The molecular formula is C10H18ClNOSi. The topological polar surface area (TPSA) is 21.6 Å². The minimum atomic E-state index is -1.49. The Kier molecular flexibility index (Phi) is 3.56. The lowest BCUT2D eigenvalue weighted by Crippen LogP contribution is -2.48. The molecule has 4 heteroatoms. The highest BCUT2D eigenvalue weighted by Gasteiger charge is 2.38. The van der Waals surface area contributed by atoms with E-state index in [2.05, 4.69) is 24.6 Å². The van der Waals surface area contributed by atoms with E-state index in [1.54, 1.807) is 6.21 Å². The molecule has 0 aromatic heterocycles. The summed E-state index contributed by atoms with van der Waals surface area (Å²) in [5.74, 6) is 0. The quantitative estimate of drug-likeness (QED) is 0.539. The van der Waals surface area contributed by atoms with Crippen LogP contribution in [0, 0.1) is 0 Å². The first-order valence-corrected chi connectivity index (χ1v) is 8.73. The van der Waals surface area contributed by atoms with Crippen molar-refractivity contribution in [3.63, 3.8) is 0 Å². The van der Waals surface area contributed by atoms with Gasteiger partial charge in [0.2, 0.25) is 0 Å². The van der Waals surface area contributed by atoms with E-state index in [-0.39, 0.29) is 6.04 Å². The number of allylic oxidation sites excluding steroid dienone is 1. The second kappa shape index (κ2) is 4.17. The van der Waals surface area contributed by atoms with Crippen molar-refractivity contribution in [3.8, 4) is 0 Å². The number of hydrogen-bond donors (Lipinski definition) is 0. The highest BCUT2D eigenvalue weighted by Crippen LogP contribution is 2.29. The molecule has 0 radical (unpaired) electrons. The van der Waals surface area contributed by atoms with Gasteiger partial charge in [0.25, 0.3) is 0 Å². The van der Waals surface area contributed by atoms with E-state index < -0.39 is 12.8 Å². The van der Waals surface area contributed by atoms with E-state index in [1.165, 1.54) is 0 Å². The fourth-order valence-electron chi connectivity index (χ4n) is 0.945. The minimum Gasteiger partial charge on any atom is -0.361 e. The van der Waals surface area contributed by atoms with Gasteiger partial charge in [-0.15, -0.1) is 0 Å². The highest BCUT2D eigenvalue weighted by atomic mass is 35.5. The molecule has 0 aliphatic carbocycles. The number of hydrogen-bond acceptors (Lipinski definition) is 2. The van der Waals surface area contributed by atoms with Crippen LogP contribution in [-0.4, -0.2) is 31.6 Å². The molecule has 0 aromatic rings. The van der Waals surface area contributed by atoms with Gasteiger partial charge in [0.05, 0.1) is 12.6 Å². The summed E-state index contributed by atoms with van der Waals surface area (Å²) in [7, 11) is -1.49. The molecule has 1 heterocycles. The molecule has 80 valence electrons. The molecular weight excluding hydrogens is 214 g/mol. The molecule has 0 bridgehead atoms. The molecule has 0 saturated carbocycles. The van der Waals surface area contributed by atoms with Crippen molar-refractivity contribution < 1.29 is 4.74 Å². The molecule has 0 fully saturated rings. The average Bonchev–Trinajstić information content (AvgIpc) is 2.50. The summed E-state index contributed by atoms with van der Waals surface area (Å²) in [6, 6.07) is 0.157. The van der Waals surface area contributed by atoms with Crippen LogP contribution in [0.25, 0.3) is 0 Å². The summed E-state index contributed by atoms with van der Waals surface area (Å²) in [6.45, 7) is 9.15. The molecule has 1 rings (SSSR count). The van der Waals surface area contributed by atoms with Gasteiger partial charge in [-0.3, -0.25) is 4.99 Å². The fraction of sp³-hybridized carbons (Fsp3) is 0.700. The first-order valence-electron chi connectivity index (χ1n) is 4.86.